The molecule has 158 valence electrons. The molecule has 0 spiro atoms. The number of hydrogen-bond acceptors (Lipinski definition) is 5. The van der Waals surface area contributed by atoms with Crippen LogP contribution >= 0.6 is 77.9 Å². The topological polar surface area (TPSA) is 25.8 Å². The van der Waals surface area contributed by atoms with Gasteiger partial charge in [-0.25, -0.2) is 0 Å². The van der Waals surface area contributed by atoms with Crippen LogP contribution in [0.1, 0.15) is 45.1 Å². The molecule has 30 heavy (non-hydrogen) atoms. The van der Waals surface area contributed by atoms with Gasteiger partial charge in [-0.3, -0.25) is 0 Å². The number of fused-ring (bicyclic) bond motifs is 1. The Morgan fingerprint density at radius 2 is 1.83 bits per heavy atom. The number of rotatable bonds is 8. The first-order chi connectivity index (χ1) is 14.5. The summed E-state index contributed by atoms with van der Waals surface area (Å²) in [6.45, 7) is 4.56. The lowest BCUT2D eigenvalue weighted by Gasteiger charge is -2.13. The van der Waals surface area contributed by atoms with Gasteiger partial charge in [0.25, 0.3) is 0 Å². The number of benzene rings is 1. The Balaban J connectivity index is 1.73. The van der Waals surface area contributed by atoms with E-state index in [1.807, 2.05) is 6.07 Å². The van der Waals surface area contributed by atoms with Crippen LogP contribution in [-0.4, -0.2) is 8.75 Å². The second kappa shape index (κ2) is 10.1. The molecule has 0 aliphatic carbocycles. The summed E-state index contributed by atoms with van der Waals surface area (Å²) in [6.07, 6.45) is 6.18. The van der Waals surface area contributed by atoms with Crippen molar-refractivity contribution in [1.82, 2.24) is 8.75 Å². The standard InChI is InChI=1S/C22H21Br2ClN2S3/c1-3-5-6-12(4-2)9-13-10-17(29-22(13)24)14-11-15(25)19(16-7-8-18(23)28-16)21-20(14)26-30-27-21/h7-8,10-12H,3-6,9H2,1-2H3. The number of nitrogens with zero attached hydrogens (tertiary/aromatic N) is 2. The molecule has 1 aromatic carbocycles. The SMILES string of the molecule is CCCCC(CC)Cc1cc(-c2cc(Cl)c(-c3ccc(Br)s3)c3nsnc23)sc1Br. The second-order valence-corrected chi connectivity index (χ2v) is 13.1. The molecule has 3 heterocycles. The van der Waals surface area contributed by atoms with Crippen molar-refractivity contribution in [3.05, 3.63) is 42.4 Å². The van der Waals surface area contributed by atoms with E-state index in [0.29, 0.717) is 0 Å². The number of halogens is 3. The molecule has 1 atom stereocenters. The third-order valence-corrected chi connectivity index (χ3v) is 9.85. The molecule has 2 nitrogen and oxygen atoms in total. The fourth-order valence-corrected chi connectivity index (χ4v) is 7.82. The van der Waals surface area contributed by atoms with Gasteiger partial charge in [0.15, 0.2) is 0 Å². The molecule has 0 N–H and O–H groups in total. The predicted molar refractivity (Wildman–Crippen MR) is 141 cm³/mol. The minimum Gasteiger partial charge on any atom is -0.172 e. The Labute approximate surface area is 211 Å². The fourth-order valence-electron chi connectivity index (χ4n) is 3.71. The molecular weight excluding hydrogens is 584 g/mol. The molecule has 1 unspecified atom stereocenters. The zero-order valence-corrected chi connectivity index (χ0v) is 23.1. The largest absolute Gasteiger partial charge is 0.172 e. The van der Waals surface area contributed by atoms with E-state index in [0.717, 1.165) is 48.2 Å². The van der Waals surface area contributed by atoms with Crippen molar-refractivity contribution in [3.63, 3.8) is 0 Å². The molecule has 4 aromatic rings. The van der Waals surface area contributed by atoms with E-state index in [4.69, 9.17) is 11.6 Å². The van der Waals surface area contributed by atoms with Crippen LogP contribution in [-0.2, 0) is 6.42 Å². The van der Waals surface area contributed by atoms with Gasteiger partial charge < -0.3 is 0 Å². The van der Waals surface area contributed by atoms with Gasteiger partial charge in [-0.05, 0) is 74.0 Å². The average molecular weight is 605 g/mol. The summed E-state index contributed by atoms with van der Waals surface area (Å²) in [6, 6.07) is 8.50. The molecular formula is C22H21Br2ClN2S3. The molecule has 8 heteroatoms. The van der Waals surface area contributed by atoms with Crippen molar-refractivity contribution in [2.45, 2.75) is 46.0 Å². The first-order valence-electron chi connectivity index (χ1n) is 10.0. The van der Waals surface area contributed by atoms with Gasteiger partial charge in [0.05, 0.1) is 24.3 Å². The quantitative estimate of drug-likeness (QED) is 0.200. The Morgan fingerprint density at radius 1 is 1.03 bits per heavy atom. The lowest BCUT2D eigenvalue weighted by atomic mass is 9.93. The third-order valence-electron chi connectivity index (χ3n) is 5.38. The van der Waals surface area contributed by atoms with Gasteiger partial charge in [0, 0.05) is 20.9 Å². The normalized spacial score (nSPS) is 12.7. The number of thiophene rings is 2. The van der Waals surface area contributed by atoms with Crippen LogP contribution in [0.2, 0.25) is 5.02 Å². The van der Waals surface area contributed by atoms with Gasteiger partial charge in [0.1, 0.15) is 11.0 Å². The highest BCUT2D eigenvalue weighted by atomic mass is 79.9. The molecule has 0 aliphatic heterocycles. The molecule has 0 fully saturated rings. The summed E-state index contributed by atoms with van der Waals surface area (Å²) in [5, 5.41) is 0.722. The molecule has 0 amide bonds. The fraction of sp³-hybridized carbons (Fsp3) is 0.364. The van der Waals surface area contributed by atoms with Crippen molar-refractivity contribution in [2.24, 2.45) is 5.92 Å². The highest BCUT2D eigenvalue weighted by molar-refractivity contribution is 9.11. The Morgan fingerprint density at radius 3 is 2.53 bits per heavy atom. The highest BCUT2D eigenvalue weighted by Crippen LogP contribution is 2.45. The Kier molecular flexibility index (Phi) is 7.69. The van der Waals surface area contributed by atoms with Gasteiger partial charge >= 0.3 is 0 Å². The maximum Gasteiger partial charge on any atom is 0.115 e. The lowest BCUT2D eigenvalue weighted by molar-refractivity contribution is 0.449. The zero-order chi connectivity index (χ0) is 21.3. The van der Waals surface area contributed by atoms with Crippen molar-refractivity contribution < 1.29 is 0 Å². The molecule has 0 saturated heterocycles. The van der Waals surface area contributed by atoms with E-state index in [1.165, 1.54) is 51.6 Å². The molecule has 4 rings (SSSR count). The summed E-state index contributed by atoms with van der Waals surface area (Å²) >= 11 is 18.8. The van der Waals surface area contributed by atoms with Crippen LogP contribution in [0, 0.1) is 5.92 Å². The number of unbranched alkanes of at least 4 members (excludes halogenated alkanes) is 1. The van der Waals surface area contributed by atoms with E-state index >= 15 is 0 Å². The lowest BCUT2D eigenvalue weighted by Crippen LogP contribution is -2.02. The van der Waals surface area contributed by atoms with Gasteiger partial charge in [0.2, 0.25) is 0 Å². The molecule has 0 radical (unpaired) electrons. The van der Waals surface area contributed by atoms with Crippen molar-refractivity contribution in [2.75, 3.05) is 0 Å². The maximum absolute atomic E-state index is 6.79. The van der Waals surface area contributed by atoms with Crippen LogP contribution in [0.15, 0.2) is 31.8 Å². The zero-order valence-electron chi connectivity index (χ0n) is 16.7. The number of aromatic nitrogens is 2. The summed E-state index contributed by atoms with van der Waals surface area (Å²) < 4.78 is 11.5. The summed E-state index contributed by atoms with van der Waals surface area (Å²) in [4.78, 5) is 2.30. The molecule has 0 saturated carbocycles. The van der Waals surface area contributed by atoms with Gasteiger partial charge in [-0.1, -0.05) is 51.1 Å². The highest BCUT2D eigenvalue weighted by Gasteiger charge is 2.21. The molecule has 0 aliphatic rings. The Hall–Kier alpha value is -0.310. The first-order valence-corrected chi connectivity index (χ1v) is 14.3. The Bertz CT molecular complexity index is 1160. The predicted octanol–water partition coefficient (Wildman–Crippen LogP) is 10.1. The van der Waals surface area contributed by atoms with Crippen LogP contribution in [0.4, 0.5) is 0 Å². The summed E-state index contributed by atoms with van der Waals surface area (Å²) in [5.74, 6) is 0.730. The monoisotopic (exact) mass is 602 g/mol. The van der Waals surface area contributed by atoms with Crippen molar-refractivity contribution >= 4 is 88.9 Å². The summed E-state index contributed by atoms with van der Waals surface area (Å²) in [5.41, 5.74) is 5.25. The van der Waals surface area contributed by atoms with E-state index in [9.17, 15) is 0 Å². The maximum atomic E-state index is 6.79. The minimum absolute atomic E-state index is 0.722. The van der Waals surface area contributed by atoms with Crippen LogP contribution < -0.4 is 0 Å². The second-order valence-electron chi connectivity index (χ2n) is 7.38. The van der Waals surface area contributed by atoms with Crippen LogP contribution in [0.25, 0.3) is 31.9 Å². The molecule has 0 bridgehead atoms. The number of hydrogen-bond donors (Lipinski definition) is 0. The molecule has 3 aromatic heterocycles. The van der Waals surface area contributed by atoms with E-state index < -0.39 is 0 Å². The van der Waals surface area contributed by atoms with Crippen LogP contribution in [0.3, 0.4) is 0 Å². The summed E-state index contributed by atoms with van der Waals surface area (Å²) in [7, 11) is 0. The van der Waals surface area contributed by atoms with Crippen molar-refractivity contribution in [1.29, 1.82) is 0 Å². The van der Waals surface area contributed by atoms with E-state index in [-0.39, 0.29) is 0 Å². The van der Waals surface area contributed by atoms with E-state index in [1.54, 1.807) is 22.7 Å². The average Bonchev–Trinajstić information content (AvgIpc) is 3.45. The minimum atomic E-state index is 0.722. The smallest absolute Gasteiger partial charge is 0.115 e. The van der Waals surface area contributed by atoms with Crippen LogP contribution in [0.5, 0.6) is 0 Å². The van der Waals surface area contributed by atoms with Gasteiger partial charge in [-0.2, -0.15) is 8.75 Å². The van der Waals surface area contributed by atoms with Gasteiger partial charge in [-0.15, -0.1) is 22.7 Å². The van der Waals surface area contributed by atoms with Crippen molar-refractivity contribution in [3.8, 4) is 20.9 Å². The third kappa shape index (κ3) is 4.71. The van der Waals surface area contributed by atoms with E-state index in [2.05, 4.69) is 72.7 Å². The first kappa shape index (κ1) is 22.9.